The van der Waals surface area contributed by atoms with E-state index in [1.165, 1.54) is 11.3 Å². The van der Waals surface area contributed by atoms with E-state index in [0.29, 0.717) is 0 Å². The van der Waals surface area contributed by atoms with Crippen LogP contribution in [0.3, 0.4) is 0 Å². The van der Waals surface area contributed by atoms with Crippen molar-refractivity contribution < 1.29 is 4.79 Å². The molecule has 0 aliphatic carbocycles. The molecule has 0 aliphatic rings. The lowest BCUT2D eigenvalue weighted by Crippen LogP contribution is -2.10. The van der Waals surface area contributed by atoms with Crippen molar-refractivity contribution in [3.63, 3.8) is 0 Å². The second kappa shape index (κ2) is 5.79. The molecule has 0 saturated heterocycles. The first-order valence-corrected chi connectivity index (χ1v) is 8.27. The van der Waals surface area contributed by atoms with Crippen LogP contribution in [0.15, 0.2) is 41.1 Å². The number of anilines is 1. The van der Waals surface area contributed by atoms with Gasteiger partial charge in [-0.2, -0.15) is 0 Å². The van der Waals surface area contributed by atoms with Gasteiger partial charge in [-0.1, -0.05) is 12.1 Å². The van der Waals surface area contributed by atoms with E-state index in [2.05, 4.69) is 10.3 Å². The van der Waals surface area contributed by atoms with Gasteiger partial charge in [0.15, 0.2) is 0 Å². The summed E-state index contributed by atoms with van der Waals surface area (Å²) >= 11 is 3.08. The van der Waals surface area contributed by atoms with Crippen molar-refractivity contribution in [1.82, 2.24) is 4.98 Å². The molecule has 3 rings (SSSR count). The van der Waals surface area contributed by atoms with Gasteiger partial charge in [0.25, 0.3) is 5.91 Å². The Morgan fingerprint density at radius 3 is 2.67 bits per heavy atom. The molecule has 2 aromatic heterocycles. The molecule has 3 nitrogen and oxygen atoms in total. The molecule has 1 amide bonds. The Bertz CT molecular complexity index is 789. The Labute approximate surface area is 131 Å². The fourth-order valence-corrected chi connectivity index (χ4v) is 3.41. The highest BCUT2D eigenvalue weighted by molar-refractivity contribution is 7.12. The van der Waals surface area contributed by atoms with Crippen molar-refractivity contribution in [2.75, 3.05) is 5.32 Å². The lowest BCUT2D eigenvalue weighted by molar-refractivity contribution is 0.103. The summed E-state index contributed by atoms with van der Waals surface area (Å²) in [4.78, 5) is 17.4. The molecular weight excluding hydrogens is 300 g/mol. The van der Waals surface area contributed by atoms with E-state index >= 15 is 0 Å². The van der Waals surface area contributed by atoms with Crippen LogP contribution in [0.4, 0.5) is 5.69 Å². The highest BCUT2D eigenvalue weighted by Crippen LogP contribution is 2.24. The van der Waals surface area contributed by atoms with Crippen molar-refractivity contribution in [1.29, 1.82) is 0 Å². The summed E-state index contributed by atoms with van der Waals surface area (Å²) in [7, 11) is 0. The van der Waals surface area contributed by atoms with Crippen LogP contribution in [0.5, 0.6) is 0 Å². The Morgan fingerprint density at radius 2 is 2.00 bits per heavy atom. The van der Waals surface area contributed by atoms with Crippen LogP contribution in [0.25, 0.3) is 11.3 Å². The number of carbonyl (C=O) groups excluding carboxylic acids is 1. The third-order valence-corrected chi connectivity index (χ3v) is 4.81. The van der Waals surface area contributed by atoms with Crippen molar-refractivity contribution in [3.05, 3.63) is 56.5 Å². The largest absolute Gasteiger partial charge is 0.321 e. The summed E-state index contributed by atoms with van der Waals surface area (Å²) in [6.45, 7) is 3.97. The highest BCUT2D eigenvalue weighted by atomic mass is 32.1. The topological polar surface area (TPSA) is 42.0 Å². The van der Waals surface area contributed by atoms with E-state index in [1.54, 1.807) is 11.3 Å². The SMILES string of the molecule is Cc1csc(C(=O)Nc2cccc(-c3csc(C)n3)c2)c1. The quantitative estimate of drug-likeness (QED) is 0.758. The molecule has 106 valence electrons. The van der Waals surface area contributed by atoms with Crippen LogP contribution in [-0.2, 0) is 0 Å². The lowest BCUT2D eigenvalue weighted by atomic mass is 10.1. The van der Waals surface area contributed by atoms with Gasteiger partial charge in [-0.15, -0.1) is 22.7 Å². The summed E-state index contributed by atoms with van der Waals surface area (Å²) in [5.74, 6) is -0.0697. The number of aromatic nitrogens is 1. The van der Waals surface area contributed by atoms with Crippen molar-refractivity contribution >= 4 is 34.3 Å². The summed E-state index contributed by atoms with van der Waals surface area (Å²) in [6, 6.07) is 9.67. The fraction of sp³-hybridized carbons (Fsp3) is 0.125. The standard InChI is InChI=1S/C16H14N2OS2/c1-10-6-15(21-8-10)16(19)18-13-5-3-4-12(7-13)14-9-20-11(2)17-14/h3-9H,1-2H3,(H,18,19). The van der Waals surface area contributed by atoms with Gasteiger partial charge in [0, 0.05) is 16.6 Å². The van der Waals surface area contributed by atoms with Gasteiger partial charge in [-0.25, -0.2) is 4.98 Å². The molecule has 3 aromatic rings. The van der Waals surface area contributed by atoms with Gasteiger partial charge in [0.1, 0.15) is 0 Å². The zero-order valence-electron chi connectivity index (χ0n) is 11.7. The Balaban J connectivity index is 1.82. The van der Waals surface area contributed by atoms with E-state index in [1.807, 2.05) is 54.9 Å². The van der Waals surface area contributed by atoms with Gasteiger partial charge >= 0.3 is 0 Å². The minimum absolute atomic E-state index is 0.0697. The Kier molecular flexibility index (Phi) is 3.86. The third-order valence-electron chi connectivity index (χ3n) is 2.99. The molecule has 0 spiro atoms. The second-order valence-corrected chi connectivity index (χ2v) is 6.75. The average molecular weight is 314 g/mol. The number of thiophene rings is 1. The van der Waals surface area contributed by atoms with E-state index in [-0.39, 0.29) is 5.91 Å². The molecule has 1 N–H and O–H groups in total. The molecule has 5 heteroatoms. The van der Waals surface area contributed by atoms with Gasteiger partial charge in [-0.3, -0.25) is 4.79 Å². The zero-order valence-corrected chi connectivity index (χ0v) is 13.3. The molecule has 0 unspecified atom stereocenters. The van der Waals surface area contributed by atoms with Gasteiger partial charge in [-0.05, 0) is 43.0 Å². The number of carbonyl (C=O) groups is 1. The third kappa shape index (κ3) is 3.20. The van der Waals surface area contributed by atoms with Gasteiger partial charge in [0.05, 0.1) is 15.6 Å². The maximum atomic E-state index is 12.2. The first-order chi connectivity index (χ1) is 10.1. The molecule has 0 aliphatic heterocycles. The average Bonchev–Trinajstić information content (AvgIpc) is 3.08. The first-order valence-electron chi connectivity index (χ1n) is 6.51. The number of nitrogens with zero attached hydrogens (tertiary/aromatic N) is 1. The Hall–Kier alpha value is -1.98. The number of hydrogen-bond donors (Lipinski definition) is 1. The second-order valence-electron chi connectivity index (χ2n) is 4.78. The number of amides is 1. The van der Waals surface area contributed by atoms with Crippen LogP contribution >= 0.6 is 22.7 Å². The number of thiazole rings is 1. The number of hydrogen-bond acceptors (Lipinski definition) is 4. The summed E-state index contributed by atoms with van der Waals surface area (Å²) in [6.07, 6.45) is 0. The fourth-order valence-electron chi connectivity index (χ4n) is 2.00. The van der Waals surface area contributed by atoms with Crippen LogP contribution in [0.2, 0.25) is 0 Å². The maximum absolute atomic E-state index is 12.2. The summed E-state index contributed by atoms with van der Waals surface area (Å²) < 4.78 is 0. The van der Waals surface area contributed by atoms with Crippen LogP contribution in [0.1, 0.15) is 20.2 Å². The zero-order chi connectivity index (χ0) is 14.8. The van der Waals surface area contributed by atoms with Crippen molar-refractivity contribution in [2.24, 2.45) is 0 Å². The van der Waals surface area contributed by atoms with E-state index in [4.69, 9.17) is 0 Å². The number of benzene rings is 1. The number of rotatable bonds is 3. The number of aryl methyl sites for hydroxylation is 2. The molecule has 0 radical (unpaired) electrons. The van der Waals surface area contributed by atoms with E-state index in [9.17, 15) is 4.79 Å². The van der Waals surface area contributed by atoms with Crippen LogP contribution < -0.4 is 5.32 Å². The van der Waals surface area contributed by atoms with E-state index < -0.39 is 0 Å². The number of nitrogens with one attached hydrogen (secondary N) is 1. The normalized spacial score (nSPS) is 10.6. The summed E-state index contributed by atoms with van der Waals surface area (Å²) in [5.41, 5.74) is 3.85. The minimum Gasteiger partial charge on any atom is -0.321 e. The van der Waals surface area contributed by atoms with Crippen LogP contribution in [-0.4, -0.2) is 10.9 Å². The molecule has 2 heterocycles. The predicted molar refractivity (Wildman–Crippen MR) is 89.3 cm³/mol. The van der Waals surface area contributed by atoms with Gasteiger partial charge < -0.3 is 5.32 Å². The van der Waals surface area contributed by atoms with Crippen molar-refractivity contribution in [3.8, 4) is 11.3 Å². The maximum Gasteiger partial charge on any atom is 0.265 e. The molecule has 0 saturated carbocycles. The van der Waals surface area contributed by atoms with E-state index in [0.717, 1.165) is 32.4 Å². The first kappa shape index (κ1) is 14.0. The monoisotopic (exact) mass is 314 g/mol. The van der Waals surface area contributed by atoms with Crippen LogP contribution in [0, 0.1) is 13.8 Å². The molecular formula is C16H14N2OS2. The molecule has 0 bridgehead atoms. The Morgan fingerprint density at radius 1 is 1.14 bits per heavy atom. The minimum atomic E-state index is -0.0697. The van der Waals surface area contributed by atoms with Gasteiger partial charge in [0.2, 0.25) is 0 Å². The summed E-state index contributed by atoms with van der Waals surface area (Å²) in [5, 5.41) is 7.97. The smallest absolute Gasteiger partial charge is 0.265 e. The predicted octanol–water partition coefficient (Wildman–Crippen LogP) is 4.74. The lowest BCUT2D eigenvalue weighted by Gasteiger charge is -2.05. The molecule has 0 atom stereocenters. The van der Waals surface area contributed by atoms with Crippen molar-refractivity contribution in [2.45, 2.75) is 13.8 Å². The highest BCUT2D eigenvalue weighted by Gasteiger charge is 2.09. The molecule has 0 fully saturated rings. The molecule has 21 heavy (non-hydrogen) atoms. The molecule has 1 aromatic carbocycles.